The van der Waals surface area contributed by atoms with Crippen molar-refractivity contribution in [3.63, 3.8) is 0 Å². The van der Waals surface area contributed by atoms with E-state index in [1.165, 1.54) is 5.56 Å². The average Bonchev–Trinajstić information content (AvgIpc) is 2.93. The first kappa shape index (κ1) is 17.2. The number of benzene rings is 2. The van der Waals surface area contributed by atoms with E-state index in [0.29, 0.717) is 6.54 Å². The molecule has 2 amide bonds. The van der Waals surface area contributed by atoms with Crippen molar-refractivity contribution in [3.05, 3.63) is 58.7 Å². The number of anilines is 2. The van der Waals surface area contributed by atoms with Crippen molar-refractivity contribution in [3.8, 4) is 0 Å². The minimum absolute atomic E-state index is 0.00630. The van der Waals surface area contributed by atoms with Gasteiger partial charge in [0.1, 0.15) is 0 Å². The summed E-state index contributed by atoms with van der Waals surface area (Å²) >= 11 is 0. The SMILES string of the molecule is Cc1cc(C)c(NC(=O)[C@H]2CC(=O)N(c3ccccc3C)C2)c(C)c1. The fourth-order valence-corrected chi connectivity index (χ4v) is 3.58. The maximum Gasteiger partial charge on any atom is 0.229 e. The highest BCUT2D eigenvalue weighted by Gasteiger charge is 2.35. The lowest BCUT2D eigenvalue weighted by atomic mass is 10.0. The molecule has 0 bridgehead atoms. The van der Waals surface area contributed by atoms with Crippen molar-refractivity contribution in [2.45, 2.75) is 34.1 Å². The Bertz CT molecular complexity index is 819. The molecule has 3 rings (SSSR count). The van der Waals surface area contributed by atoms with Gasteiger partial charge in [-0.3, -0.25) is 9.59 Å². The van der Waals surface area contributed by atoms with Crippen LogP contribution < -0.4 is 10.2 Å². The Kier molecular flexibility index (Phi) is 4.62. The van der Waals surface area contributed by atoms with Gasteiger partial charge in [0.15, 0.2) is 0 Å². The maximum absolute atomic E-state index is 12.7. The molecule has 1 atom stereocenters. The fraction of sp³-hybridized carbons (Fsp3) is 0.333. The van der Waals surface area contributed by atoms with Gasteiger partial charge in [-0.1, -0.05) is 35.9 Å². The van der Waals surface area contributed by atoms with E-state index in [2.05, 4.69) is 17.4 Å². The lowest BCUT2D eigenvalue weighted by Gasteiger charge is -2.19. The van der Waals surface area contributed by atoms with E-state index in [-0.39, 0.29) is 24.2 Å². The van der Waals surface area contributed by atoms with Gasteiger partial charge in [0.2, 0.25) is 11.8 Å². The van der Waals surface area contributed by atoms with Crippen molar-refractivity contribution in [1.82, 2.24) is 0 Å². The largest absolute Gasteiger partial charge is 0.325 e. The predicted octanol–water partition coefficient (Wildman–Crippen LogP) is 3.91. The molecule has 1 heterocycles. The second-order valence-electron chi connectivity index (χ2n) is 6.95. The molecule has 1 aliphatic rings. The molecule has 1 saturated heterocycles. The number of nitrogens with one attached hydrogen (secondary N) is 1. The number of nitrogens with zero attached hydrogens (tertiary/aromatic N) is 1. The molecule has 25 heavy (non-hydrogen) atoms. The zero-order valence-electron chi connectivity index (χ0n) is 15.2. The topological polar surface area (TPSA) is 49.4 Å². The van der Waals surface area contributed by atoms with E-state index in [1.807, 2.05) is 52.0 Å². The summed E-state index contributed by atoms with van der Waals surface area (Å²) in [7, 11) is 0. The number of amides is 2. The number of carbonyl (C=O) groups excluding carboxylic acids is 2. The van der Waals surface area contributed by atoms with Crippen molar-refractivity contribution in [2.24, 2.45) is 5.92 Å². The Balaban J connectivity index is 1.77. The quantitative estimate of drug-likeness (QED) is 0.924. The van der Waals surface area contributed by atoms with Crippen molar-refractivity contribution >= 4 is 23.2 Å². The predicted molar refractivity (Wildman–Crippen MR) is 101 cm³/mol. The van der Waals surface area contributed by atoms with Gasteiger partial charge in [-0.15, -0.1) is 0 Å². The number of hydrogen-bond acceptors (Lipinski definition) is 2. The van der Waals surface area contributed by atoms with Crippen LogP contribution in [0.3, 0.4) is 0 Å². The maximum atomic E-state index is 12.7. The minimum Gasteiger partial charge on any atom is -0.325 e. The van der Waals surface area contributed by atoms with Crippen LogP contribution in [0, 0.1) is 33.6 Å². The Labute approximate surface area is 148 Å². The van der Waals surface area contributed by atoms with Gasteiger partial charge < -0.3 is 10.2 Å². The first-order valence-electron chi connectivity index (χ1n) is 8.61. The zero-order valence-corrected chi connectivity index (χ0v) is 15.2. The molecule has 0 saturated carbocycles. The number of carbonyl (C=O) groups is 2. The second-order valence-corrected chi connectivity index (χ2v) is 6.95. The highest BCUT2D eigenvalue weighted by Crippen LogP contribution is 2.29. The van der Waals surface area contributed by atoms with Crippen LogP contribution in [0.4, 0.5) is 11.4 Å². The van der Waals surface area contributed by atoms with E-state index in [4.69, 9.17) is 0 Å². The van der Waals surface area contributed by atoms with Crippen LogP contribution in [0.25, 0.3) is 0 Å². The van der Waals surface area contributed by atoms with Crippen LogP contribution in [-0.4, -0.2) is 18.4 Å². The molecule has 2 aromatic carbocycles. The minimum atomic E-state index is -0.327. The molecular weight excluding hydrogens is 312 g/mol. The van der Waals surface area contributed by atoms with Gasteiger partial charge in [0.25, 0.3) is 0 Å². The van der Waals surface area contributed by atoms with Crippen LogP contribution in [0.5, 0.6) is 0 Å². The summed E-state index contributed by atoms with van der Waals surface area (Å²) in [5, 5.41) is 3.04. The molecule has 0 aromatic heterocycles. The molecule has 0 spiro atoms. The lowest BCUT2D eigenvalue weighted by Crippen LogP contribution is -2.28. The lowest BCUT2D eigenvalue weighted by molar-refractivity contribution is -0.122. The Morgan fingerprint density at radius 1 is 1.04 bits per heavy atom. The molecule has 0 radical (unpaired) electrons. The van der Waals surface area contributed by atoms with Crippen molar-refractivity contribution < 1.29 is 9.59 Å². The highest BCUT2D eigenvalue weighted by molar-refractivity contribution is 6.04. The standard InChI is InChI=1S/C21H24N2O2/c1-13-9-15(3)20(16(4)10-13)22-21(25)17-11-19(24)23(12-17)18-8-6-5-7-14(18)2/h5-10,17H,11-12H2,1-4H3,(H,22,25)/t17-/m0/s1. The van der Waals surface area contributed by atoms with Crippen LogP contribution >= 0.6 is 0 Å². The van der Waals surface area contributed by atoms with E-state index >= 15 is 0 Å². The normalized spacial score (nSPS) is 17.0. The van der Waals surface area contributed by atoms with Crippen molar-refractivity contribution in [2.75, 3.05) is 16.8 Å². The number of aryl methyl sites for hydroxylation is 4. The highest BCUT2D eigenvalue weighted by atomic mass is 16.2. The summed E-state index contributed by atoms with van der Waals surface area (Å²) in [4.78, 5) is 26.9. The molecule has 1 N–H and O–H groups in total. The third-order valence-electron chi connectivity index (χ3n) is 4.83. The Hall–Kier alpha value is -2.62. The summed E-state index contributed by atoms with van der Waals surface area (Å²) < 4.78 is 0. The fourth-order valence-electron chi connectivity index (χ4n) is 3.58. The van der Waals surface area contributed by atoms with E-state index < -0.39 is 0 Å². The van der Waals surface area contributed by atoms with Gasteiger partial charge in [-0.25, -0.2) is 0 Å². The Morgan fingerprint density at radius 2 is 1.68 bits per heavy atom. The molecule has 130 valence electrons. The number of para-hydroxylation sites is 1. The number of hydrogen-bond donors (Lipinski definition) is 1. The molecule has 0 unspecified atom stereocenters. The van der Waals surface area contributed by atoms with E-state index in [9.17, 15) is 9.59 Å². The molecule has 1 fully saturated rings. The molecule has 0 aliphatic carbocycles. The monoisotopic (exact) mass is 336 g/mol. The zero-order chi connectivity index (χ0) is 18.1. The molecule has 4 nitrogen and oxygen atoms in total. The first-order valence-corrected chi connectivity index (χ1v) is 8.61. The van der Waals surface area contributed by atoms with Crippen LogP contribution in [0.15, 0.2) is 36.4 Å². The second kappa shape index (κ2) is 6.71. The summed E-state index contributed by atoms with van der Waals surface area (Å²) in [6.07, 6.45) is 0.254. The third-order valence-corrected chi connectivity index (χ3v) is 4.83. The summed E-state index contributed by atoms with van der Waals surface area (Å²) in [5.74, 6) is -0.404. The first-order chi connectivity index (χ1) is 11.9. The van der Waals surface area contributed by atoms with Gasteiger partial charge in [0.05, 0.1) is 5.92 Å². The molecular formula is C21H24N2O2. The smallest absolute Gasteiger partial charge is 0.229 e. The summed E-state index contributed by atoms with van der Waals surface area (Å²) in [5.41, 5.74) is 6.07. The van der Waals surface area contributed by atoms with Crippen LogP contribution in [-0.2, 0) is 9.59 Å². The van der Waals surface area contributed by atoms with Gasteiger partial charge in [-0.05, 0) is 50.5 Å². The third kappa shape index (κ3) is 3.43. The van der Waals surface area contributed by atoms with Crippen LogP contribution in [0.1, 0.15) is 28.7 Å². The number of rotatable bonds is 3. The Morgan fingerprint density at radius 3 is 2.32 bits per heavy atom. The van der Waals surface area contributed by atoms with Gasteiger partial charge in [0, 0.05) is 24.3 Å². The van der Waals surface area contributed by atoms with Gasteiger partial charge >= 0.3 is 0 Å². The molecule has 1 aliphatic heterocycles. The average molecular weight is 336 g/mol. The molecule has 2 aromatic rings. The van der Waals surface area contributed by atoms with Crippen molar-refractivity contribution in [1.29, 1.82) is 0 Å². The summed E-state index contributed by atoms with van der Waals surface area (Å²) in [6.45, 7) is 8.44. The summed E-state index contributed by atoms with van der Waals surface area (Å²) in [6, 6.07) is 11.9. The van der Waals surface area contributed by atoms with Crippen LogP contribution in [0.2, 0.25) is 0 Å². The van der Waals surface area contributed by atoms with E-state index in [1.54, 1.807) is 4.90 Å². The molecule has 4 heteroatoms. The van der Waals surface area contributed by atoms with E-state index in [0.717, 1.165) is 28.1 Å². The van der Waals surface area contributed by atoms with Gasteiger partial charge in [-0.2, -0.15) is 0 Å².